The molecule has 4 heteroatoms. The first-order chi connectivity index (χ1) is 12.1. The van der Waals surface area contributed by atoms with Crippen molar-refractivity contribution in [2.45, 2.75) is 25.9 Å². The number of rotatable bonds is 7. The van der Waals surface area contributed by atoms with Crippen molar-refractivity contribution >= 4 is 28.0 Å². The van der Waals surface area contributed by atoms with Crippen LogP contribution in [0, 0.1) is 0 Å². The number of carbonyl (C=O) groups is 1. The van der Waals surface area contributed by atoms with Gasteiger partial charge in [-0.1, -0.05) is 42.5 Å². The molecular formula is C21H25N2OS+. The Bertz CT molecular complexity index is 829. The summed E-state index contributed by atoms with van der Waals surface area (Å²) in [4.78, 5) is 14.9. The zero-order valence-electron chi connectivity index (χ0n) is 14.8. The van der Waals surface area contributed by atoms with Crippen LogP contribution in [0.1, 0.15) is 17.4 Å². The van der Waals surface area contributed by atoms with Crippen molar-refractivity contribution < 1.29 is 9.69 Å². The zero-order chi connectivity index (χ0) is 17.6. The molecule has 0 bridgehead atoms. The van der Waals surface area contributed by atoms with Crippen LogP contribution in [-0.2, 0) is 17.8 Å². The summed E-state index contributed by atoms with van der Waals surface area (Å²) in [6.07, 6.45) is 0.903. The second kappa shape index (κ2) is 8.28. The molecule has 130 valence electrons. The Balaban J connectivity index is 1.53. The molecule has 25 heavy (non-hydrogen) atoms. The van der Waals surface area contributed by atoms with E-state index in [0.29, 0.717) is 6.54 Å². The van der Waals surface area contributed by atoms with Gasteiger partial charge >= 0.3 is 0 Å². The van der Waals surface area contributed by atoms with Gasteiger partial charge in [-0.15, -0.1) is 11.3 Å². The van der Waals surface area contributed by atoms with Gasteiger partial charge in [0.15, 0.2) is 6.04 Å². The molecule has 0 radical (unpaired) electrons. The average molecular weight is 354 g/mol. The topological polar surface area (TPSA) is 33.5 Å². The molecule has 0 saturated carbocycles. The van der Waals surface area contributed by atoms with Crippen LogP contribution in [0.2, 0.25) is 0 Å². The first-order valence-electron chi connectivity index (χ1n) is 8.73. The monoisotopic (exact) mass is 353 g/mol. The molecular weight excluding hydrogens is 328 g/mol. The van der Waals surface area contributed by atoms with Crippen LogP contribution in [0.3, 0.4) is 0 Å². The van der Waals surface area contributed by atoms with Crippen molar-refractivity contribution in [3.63, 3.8) is 0 Å². The Kier molecular flexibility index (Phi) is 5.84. The summed E-state index contributed by atoms with van der Waals surface area (Å²) in [5, 5.41) is 7.64. The number of benzene rings is 2. The SMILES string of the molecule is C[C@@H](C(=O)NCCc1cccs1)[NH+](C)Cc1ccc2ccccc2c1. The van der Waals surface area contributed by atoms with E-state index in [-0.39, 0.29) is 11.9 Å². The van der Waals surface area contributed by atoms with Crippen LogP contribution in [0.4, 0.5) is 0 Å². The predicted molar refractivity (Wildman–Crippen MR) is 105 cm³/mol. The second-order valence-electron chi connectivity index (χ2n) is 6.55. The molecule has 3 rings (SSSR count). The fourth-order valence-electron chi connectivity index (χ4n) is 2.96. The molecule has 1 heterocycles. The molecule has 0 spiro atoms. The van der Waals surface area contributed by atoms with Crippen molar-refractivity contribution in [2.75, 3.05) is 13.6 Å². The van der Waals surface area contributed by atoms with Crippen LogP contribution >= 0.6 is 11.3 Å². The molecule has 2 atom stereocenters. The molecule has 1 amide bonds. The number of fused-ring (bicyclic) bond motifs is 1. The maximum atomic E-state index is 12.4. The Morgan fingerprint density at radius 2 is 1.92 bits per heavy atom. The van der Waals surface area contributed by atoms with Crippen LogP contribution < -0.4 is 10.2 Å². The van der Waals surface area contributed by atoms with Gasteiger partial charge in [-0.3, -0.25) is 4.79 Å². The molecule has 1 aromatic heterocycles. The summed E-state index contributed by atoms with van der Waals surface area (Å²) in [6.45, 7) is 3.54. The lowest BCUT2D eigenvalue weighted by Gasteiger charge is -2.21. The second-order valence-corrected chi connectivity index (χ2v) is 7.58. The van der Waals surface area contributed by atoms with Crippen LogP contribution in [0.25, 0.3) is 10.8 Å². The minimum absolute atomic E-state index is 0.0743. The molecule has 1 unspecified atom stereocenters. The van der Waals surface area contributed by atoms with E-state index >= 15 is 0 Å². The van der Waals surface area contributed by atoms with Crippen LogP contribution in [0.5, 0.6) is 0 Å². The summed E-state index contributed by atoms with van der Waals surface area (Å²) in [6, 6.07) is 19.0. The lowest BCUT2D eigenvalue weighted by Crippen LogP contribution is -3.12. The van der Waals surface area contributed by atoms with Crippen molar-refractivity contribution in [2.24, 2.45) is 0 Å². The van der Waals surface area contributed by atoms with Gasteiger partial charge in [0, 0.05) is 17.0 Å². The number of quaternary nitrogens is 1. The van der Waals surface area contributed by atoms with E-state index < -0.39 is 0 Å². The zero-order valence-corrected chi connectivity index (χ0v) is 15.6. The summed E-state index contributed by atoms with van der Waals surface area (Å²) in [5.74, 6) is 0.120. The van der Waals surface area contributed by atoms with Crippen LogP contribution in [-0.4, -0.2) is 25.5 Å². The Morgan fingerprint density at radius 1 is 1.12 bits per heavy atom. The third-order valence-corrected chi connectivity index (χ3v) is 5.62. The van der Waals surface area contributed by atoms with E-state index in [4.69, 9.17) is 0 Å². The normalized spacial score (nSPS) is 13.5. The van der Waals surface area contributed by atoms with Gasteiger partial charge in [-0.05, 0) is 41.6 Å². The first kappa shape index (κ1) is 17.6. The standard InChI is InChI=1S/C21H24N2OS/c1-16(21(24)22-12-11-20-8-5-13-25-20)23(2)15-17-9-10-18-6-3-4-7-19(18)14-17/h3-10,13-14,16H,11-12,15H2,1-2H3,(H,22,24)/p+1/t16-/m0/s1. The fraction of sp³-hybridized carbons (Fsp3) is 0.286. The van der Waals surface area contributed by atoms with E-state index in [1.165, 1.54) is 26.1 Å². The highest BCUT2D eigenvalue weighted by atomic mass is 32.1. The summed E-state index contributed by atoms with van der Waals surface area (Å²) in [7, 11) is 2.08. The molecule has 3 nitrogen and oxygen atoms in total. The average Bonchev–Trinajstić information content (AvgIpc) is 3.14. The maximum absolute atomic E-state index is 12.4. The van der Waals surface area contributed by atoms with Gasteiger partial charge in [0.25, 0.3) is 5.91 Å². The van der Waals surface area contributed by atoms with Gasteiger partial charge in [0.05, 0.1) is 7.05 Å². The molecule has 2 aromatic carbocycles. The molecule has 0 aliphatic heterocycles. The third kappa shape index (κ3) is 4.68. The third-order valence-electron chi connectivity index (χ3n) is 4.68. The number of hydrogen-bond donors (Lipinski definition) is 2. The smallest absolute Gasteiger partial charge is 0.278 e. The van der Waals surface area contributed by atoms with Gasteiger partial charge in [0.2, 0.25) is 0 Å². The quantitative estimate of drug-likeness (QED) is 0.673. The van der Waals surface area contributed by atoms with Gasteiger partial charge in [0.1, 0.15) is 6.54 Å². The molecule has 0 saturated heterocycles. The lowest BCUT2D eigenvalue weighted by atomic mass is 10.1. The van der Waals surface area contributed by atoms with Crippen molar-refractivity contribution in [3.8, 4) is 0 Å². The first-order valence-corrected chi connectivity index (χ1v) is 9.61. The number of thiophene rings is 1. The predicted octanol–water partition coefficient (Wildman–Crippen LogP) is 2.66. The maximum Gasteiger partial charge on any atom is 0.278 e. The molecule has 0 aliphatic rings. The van der Waals surface area contributed by atoms with Gasteiger partial charge in [-0.25, -0.2) is 0 Å². The lowest BCUT2D eigenvalue weighted by molar-refractivity contribution is -0.908. The highest BCUT2D eigenvalue weighted by Gasteiger charge is 2.21. The van der Waals surface area contributed by atoms with E-state index in [9.17, 15) is 4.79 Å². The van der Waals surface area contributed by atoms with Crippen molar-refractivity contribution in [3.05, 3.63) is 70.4 Å². The van der Waals surface area contributed by atoms with E-state index in [1.54, 1.807) is 11.3 Å². The molecule has 2 N–H and O–H groups in total. The Morgan fingerprint density at radius 3 is 2.68 bits per heavy atom. The number of hydrogen-bond acceptors (Lipinski definition) is 2. The Hall–Kier alpha value is -2.17. The summed E-state index contributed by atoms with van der Waals surface area (Å²) in [5.41, 5.74) is 1.26. The molecule has 0 fully saturated rings. The van der Waals surface area contributed by atoms with E-state index in [2.05, 4.69) is 66.3 Å². The number of amides is 1. The molecule has 0 aliphatic carbocycles. The minimum Gasteiger partial charge on any atom is -0.351 e. The largest absolute Gasteiger partial charge is 0.351 e. The number of likely N-dealkylation sites (N-methyl/N-ethyl adjacent to an activating group) is 1. The van der Waals surface area contributed by atoms with Crippen LogP contribution in [0.15, 0.2) is 60.0 Å². The number of nitrogens with one attached hydrogen (secondary N) is 2. The fourth-order valence-corrected chi connectivity index (χ4v) is 3.67. The van der Waals surface area contributed by atoms with Crippen molar-refractivity contribution in [1.29, 1.82) is 0 Å². The highest BCUT2D eigenvalue weighted by molar-refractivity contribution is 7.09. The minimum atomic E-state index is -0.0743. The van der Waals surface area contributed by atoms with Gasteiger partial charge < -0.3 is 10.2 Å². The highest BCUT2D eigenvalue weighted by Crippen LogP contribution is 2.15. The summed E-state index contributed by atoms with van der Waals surface area (Å²) < 4.78 is 0. The van der Waals surface area contributed by atoms with Gasteiger partial charge in [-0.2, -0.15) is 0 Å². The molecule has 3 aromatic rings. The van der Waals surface area contributed by atoms with E-state index in [1.807, 2.05) is 13.0 Å². The van der Waals surface area contributed by atoms with Crippen molar-refractivity contribution in [1.82, 2.24) is 5.32 Å². The van der Waals surface area contributed by atoms with E-state index in [0.717, 1.165) is 13.0 Å². The number of carbonyl (C=O) groups excluding carboxylic acids is 1. The Labute approximate surface area is 153 Å². The summed E-state index contributed by atoms with van der Waals surface area (Å²) >= 11 is 1.74.